The molecule has 224 valence electrons. The van der Waals surface area contributed by atoms with Gasteiger partial charge in [-0.05, 0) is 41.3 Å². The molecule has 9 nitrogen and oxygen atoms in total. The summed E-state index contributed by atoms with van der Waals surface area (Å²) < 4.78 is 39.2. The number of carbonyl (C=O) groups is 2. The Labute approximate surface area is 256 Å². The van der Waals surface area contributed by atoms with E-state index in [9.17, 15) is 18.0 Å². The van der Waals surface area contributed by atoms with Crippen LogP contribution in [0.1, 0.15) is 25.0 Å². The van der Waals surface area contributed by atoms with Gasteiger partial charge in [0.05, 0.1) is 11.9 Å². The van der Waals surface area contributed by atoms with Crippen LogP contribution in [0.25, 0.3) is 0 Å². The SMILES string of the molecule is CC(C)CNC(=O)[C@H](Cc1ccccc1)N(Cc1ccc(Br)cc1)C(=O)CN(c1ccc2c(c1)OCCO2)S(C)(=O)=O. The maximum absolute atomic E-state index is 14.2. The van der Waals surface area contributed by atoms with Crippen LogP contribution < -0.4 is 19.1 Å². The van der Waals surface area contributed by atoms with Gasteiger partial charge in [0.2, 0.25) is 21.8 Å². The first-order chi connectivity index (χ1) is 20.0. The molecule has 1 N–H and O–H groups in total. The third kappa shape index (κ3) is 8.48. The molecular formula is C31H36BrN3O6S. The van der Waals surface area contributed by atoms with Gasteiger partial charge in [-0.15, -0.1) is 0 Å². The maximum Gasteiger partial charge on any atom is 0.244 e. The van der Waals surface area contributed by atoms with Crippen LogP contribution in [-0.4, -0.2) is 63.7 Å². The first kappa shape index (κ1) is 31.4. The molecule has 0 fully saturated rings. The molecule has 2 amide bonds. The number of benzene rings is 3. The number of ether oxygens (including phenoxy) is 2. The fourth-order valence-corrected chi connectivity index (χ4v) is 5.67. The van der Waals surface area contributed by atoms with Crippen LogP contribution in [0.2, 0.25) is 0 Å². The van der Waals surface area contributed by atoms with Gasteiger partial charge in [-0.1, -0.05) is 72.2 Å². The summed E-state index contributed by atoms with van der Waals surface area (Å²) in [5, 5.41) is 2.98. The molecule has 3 aromatic carbocycles. The molecule has 1 aliphatic rings. The largest absolute Gasteiger partial charge is 0.486 e. The zero-order valence-corrected chi connectivity index (χ0v) is 26.4. The molecule has 0 aliphatic carbocycles. The molecule has 0 spiro atoms. The van der Waals surface area contributed by atoms with E-state index in [0.717, 1.165) is 26.2 Å². The Morgan fingerprint density at radius 3 is 2.24 bits per heavy atom. The minimum absolute atomic E-state index is 0.109. The molecule has 1 aliphatic heterocycles. The van der Waals surface area contributed by atoms with Crippen molar-refractivity contribution in [2.45, 2.75) is 32.9 Å². The standard InChI is InChI=1S/C31H36BrN3O6S/c1-22(2)19-33-31(37)27(17-23-7-5-4-6-8-23)34(20-24-9-11-25(32)12-10-24)30(36)21-35(42(3,38)39)26-13-14-28-29(18-26)41-16-15-40-28/h4-14,18,22,27H,15-17,19-21H2,1-3H3,(H,33,37)/t27-/m0/s1. The highest BCUT2D eigenvalue weighted by molar-refractivity contribution is 9.10. The first-order valence-electron chi connectivity index (χ1n) is 13.7. The zero-order valence-electron chi connectivity index (χ0n) is 24.0. The van der Waals surface area contributed by atoms with E-state index in [4.69, 9.17) is 9.47 Å². The second-order valence-electron chi connectivity index (χ2n) is 10.6. The van der Waals surface area contributed by atoms with Crippen LogP contribution in [0.4, 0.5) is 5.69 Å². The average Bonchev–Trinajstić information content (AvgIpc) is 2.97. The molecule has 0 bridgehead atoms. The fraction of sp³-hybridized carbons (Fsp3) is 0.355. The van der Waals surface area contributed by atoms with E-state index in [2.05, 4.69) is 21.2 Å². The Kier molecular flexibility index (Phi) is 10.5. The summed E-state index contributed by atoms with van der Waals surface area (Å²) in [4.78, 5) is 29.3. The lowest BCUT2D eigenvalue weighted by Crippen LogP contribution is -2.53. The normalized spacial score (nSPS) is 13.4. The van der Waals surface area contributed by atoms with Crippen molar-refractivity contribution in [3.63, 3.8) is 0 Å². The first-order valence-corrected chi connectivity index (χ1v) is 16.4. The number of halogens is 1. The Morgan fingerprint density at radius 2 is 1.60 bits per heavy atom. The van der Waals surface area contributed by atoms with Gasteiger partial charge in [0.1, 0.15) is 25.8 Å². The predicted molar refractivity (Wildman–Crippen MR) is 166 cm³/mol. The van der Waals surface area contributed by atoms with Crippen molar-refractivity contribution in [1.82, 2.24) is 10.2 Å². The number of fused-ring (bicyclic) bond motifs is 1. The van der Waals surface area contributed by atoms with Gasteiger partial charge in [0.15, 0.2) is 11.5 Å². The Hall–Kier alpha value is -3.57. The van der Waals surface area contributed by atoms with Crippen molar-refractivity contribution < 1.29 is 27.5 Å². The molecule has 42 heavy (non-hydrogen) atoms. The van der Waals surface area contributed by atoms with Gasteiger partial charge in [-0.25, -0.2) is 8.42 Å². The van der Waals surface area contributed by atoms with Crippen LogP contribution >= 0.6 is 15.9 Å². The summed E-state index contributed by atoms with van der Waals surface area (Å²) in [5.74, 6) is 0.299. The summed E-state index contributed by atoms with van der Waals surface area (Å²) in [5.41, 5.74) is 1.94. The Balaban J connectivity index is 1.71. The highest BCUT2D eigenvalue weighted by Gasteiger charge is 2.33. The number of amides is 2. The van der Waals surface area contributed by atoms with Crippen LogP contribution in [0, 0.1) is 5.92 Å². The van der Waals surface area contributed by atoms with Crippen molar-refractivity contribution in [2.75, 3.05) is 36.9 Å². The lowest BCUT2D eigenvalue weighted by Gasteiger charge is -2.34. The summed E-state index contributed by atoms with van der Waals surface area (Å²) >= 11 is 3.44. The van der Waals surface area contributed by atoms with E-state index in [1.807, 2.05) is 68.4 Å². The van der Waals surface area contributed by atoms with Gasteiger partial charge in [-0.2, -0.15) is 0 Å². The van der Waals surface area contributed by atoms with E-state index in [0.29, 0.717) is 31.3 Å². The number of carbonyl (C=O) groups excluding carboxylic acids is 2. The zero-order chi connectivity index (χ0) is 30.3. The van der Waals surface area contributed by atoms with E-state index < -0.39 is 28.5 Å². The van der Waals surface area contributed by atoms with Crippen molar-refractivity contribution in [1.29, 1.82) is 0 Å². The molecule has 1 heterocycles. The van der Waals surface area contributed by atoms with Crippen LogP contribution in [0.5, 0.6) is 11.5 Å². The number of nitrogens with one attached hydrogen (secondary N) is 1. The third-order valence-electron chi connectivity index (χ3n) is 6.71. The number of hydrogen-bond donors (Lipinski definition) is 1. The van der Waals surface area contributed by atoms with Crippen molar-refractivity contribution in [3.05, 3.63) is 88.4 Å². The Bertz CT molecular complexity index is 1480. The summed E-state index contributed by atoms with van der Waals surface area (Å²) in [6, 6.07) is 20.8. The molecule has 3 aromatic rings. The molecular weight excluding hydrogens is 622 g/mol. The van der Waals surface area contributed by atoms with Crippen LogP contribution in [0.3, 0.4) is 0 Å². The lowest BCUT2D eigenvalue weighted by molar-refractivity contribution is -0.140. The highest BCUT2D eigenvalue weighted by atomic mass is 79.9. The topological polar surface area (TPSA) is 105 Å². The van der Waals surface area contributed by atoms with E-state index in [-0.39, 0.29) is 30.5 Å². The van der Waals surface area contributed by atoms with E-state index in [1.54, 1.807) is 18.2 Å². The third-order valence-corrected chi connectivity index (χ3v) is 8.38. The number of sulfonamides is 1. The molecule has 0 saturated heterocycles. The quantitative estimate of drug-likeness (QED) is 0.310. The average molecular weight is 659 g/mol. The van der Waals surface area contributed by atoms with Gasteiger partial charge < -0.3 is 19.7 Å². The smallest absolute Gasteiger partial charge is 0.244 e. The van der Waals surface area contributed by atoms with Gasteiger partial charge in [-0.3, -0.25) is 13.9 Å². The van der Waals surface area contributed by atoms with Crippen LogP contribution in [-0.2, 0) is 32.6 Å². The molecule has 0 radical (unpaired) electrons. The van der Waals surface area contributed by atoms with Crippen molar-refractivity contribution >= 4 is 43.5 Å². The summed E-state index contributed by atoms with van der Waals surface area (Å²) in [6.07, 6.45) is 1.31. The number of hydrogen-bond acceptors (Lipinski definition) is 6. The minimum Gasteiger partial charge on any atom is -0.486 e. The second-order valence-corrected chi connectivity index (χ2v) is 13.4. The molecule has 0 saturated carbocycles. The minimum atomic E-state index is -3.90. The van der Waals surface area contributed by atoms with Crippen LogP contribution in [0.15, 0.2) is 77.3 Å². The van der Waals surface area contributed by atoms with Gasteiger partial charge in [0, 0.05) is 30.0 Å². The monoisotopic (exact) mass is 657 g/mol. The molecule has 0 aromatic heterocycles. The highest BCUT2D eigenvalue weighted by Crippen LogP contribution is 2.34. The predicted octanol–water partition coefficient (Wildman–Crippen LogP) is 4.40. The Morgan fingerprint density at radius 1 is 0.929 bits per heavy atom. The maximum atomic E-state index is 14.2. The second kappa shape index (κ2) is 14.1. The molecule has 11 heteroatoms. The molecule has 1 atom stereocenters. The van der Waals surface area contributed by atoms with Crippen molar-refractivity contribution in [3.8, 4) is 11.5 Å². The lowest BCUT2D eigenvalue weighted by atomic mass is 10.0. The summed E-state index contributed by atoms with van der Waals surface area (Å²) in [7, 11) is -3.90. The number of nitrogens with zero attached hydrogens (tertiary/aromatic N) is 2. The van der Waals surface area contributed by atoms with E-state index >= 15 is 0 Å². The number of anilines is 1. The molecule has 4 rings (SSSR count). The van der Waals surface area contributed by atoms with Gasteiger partial charge in [0.25, 0.3) is 0 Å². The van der Waals surface area contributed by atoms with E-state index in [1.165, 1.54) is 4.90 Å². The molecule has 0 unspecified atom stereocenters. The number of rotatable bonds is 12. The van der Waals surface area contributed by atoms with Gasteiger partial charge >= 0.3 is 0 Å². The van der Waals surface area contributed by atoms with Crippen molar-refractivity contribution in [2.24, 2.45) is 5.92 Å². The summed E-state index contributed by atoms with van der Waals surface area (Å²) in [6.45, 7) is 4.77. The fourth-order valence-electron chi connectivity index (χ4n) is 4.56.